The SMILES string of the molecule is Fc1cc[c]c(C2NCCc3ccccc32)c1. The maximum absolute atomic E-state index is 13.3. The van der Waals surface area contributed by atoms with Crippen molar-refractivity contribution < 1.29 is 4.39 Å². The molecule has 1 unspecified atom stereocenters. The summed E-state index contributed by atoms with van der Waals surface area (Å²) in [6.45, 7) is 0.923. The third-order valence-electron chi connectivity index (χ3n) is 3.21. The average Bonchev–Trinajstić information content (AvgIpc) is 2.38. The van der Waals surface area contributed by atoms with E-state index in [0.29, 0.717) is 0 Å². The molecule has 0 spiro atoms. The molecule has 1 aliphatic rings. The molecule has 1 atom stereocenters. The van der Waals surface area contributed by atoms with Gasteiger partial charge in [-0.1, -0.05) is 30.3 Å². The molecule has 2 aromatic rings. The Bertz CT molecular complexity index is 536. The minimum atomic E-state index is -0.205. The first kappa shape index (κ1) is 10.5. The van der Waals surface area contributed by atoms with Gasteiger partial charge in [-0.3, -0.25) is 0 Å². The first-order valence-corrected chi connectivity index (χ1v) is 5.83. The van der Waals surface area contributed by atoms with Crippen LogP contribution in [0.2, 0.25) is 0 Å². The van der Waals surface area contributed by atoms with Crippen LogP contribution in [0.3, 0.4) is 0 Å². The van der Waals surface area contributed by atoms with Crippen LogP contribution in [0.25, 0.3) is 0 Å². The van der Waals surface area contributed by atoms with Gasteiger partial charge < -0.3 is 5.32 Å². The Labute approximate surface area is 100 Å². The minimum absolute atomic E-state index is 0.0654. The summed E-state index contributed by atoms with van der Waals surface area (Å²) in [4.78, 5) is 0. The zero-order valence-electron chi connectivity index (χ0n) is 9.41. The molecule has 0 saturated carbocycles. The van der Waals surface area contributed by atoms with E-state index in [4.69, 9.17) is 0 Å². The van der Waals surface area contributed by atoms with Crippen molar-refractivity contribution in [3.63, 3.8) is 0 Å². The zero-order chi connectivity index (χ0) is 11.7. The van der Waals surface area contributed by atoms with Crippen LogP contribution in [-0.4, -0.2) is 6.54 Å². The van der Waals surface area contributed by atoms with Gasteiger partial charge in [0, 0.05) is 6.54 Å². The van der Waals surface area contributed by atoms with Gasteiger partial charge in [0.2, 0.25) is 0 Å². The van der Waals surface area contributed by atoms with Crippen molar-refractivity contribution >= 4 is 0 Å². The third kappa shape index (κ3) is 1.96. The Morgan fingerprint density at radius 3 is 3.00 bits per heavy atom. The highest BCUT2D eigenvalue weighted by molar-refractivity contribution is 5.39. The molecular weight excluding hydrogens is 213 g/mol. The third-order valence-corrected chi connectivity index (χ3v) is 3.21. The van der Waals surface area contributed by atoms with Gasteiger partial charge in [0.25, 0.3) is 0 Å². The molecule has 2 aromatic carbocycles. The van der Waals surface area contributed by atoms with Crippen molar-refractivity contribution in [3.8, 4) is 0 Å². The molecule has 0 fully saturated rings. The average molecular weight is 226 g/mol. The predicted octanol–water partition coefficient (Wildman–Crippen LogP) is 2.86. The maximum atomic E-state index is 13.3. The molecule has 3 rings (SSSR count). The zero-order valence-corrected chi connectivity index (χ0v) is 9.41. The van der Waals surface area contributed by atoms with E-state index in [9.17, 15) is 4.39 Å². The van der Waals surface area contributed by atoms with Gasteiger partial charge in [-0.2, -0.15) is 0 Å². The molecule has 0 aromatic heterocycles. The molecule has 17 heavy (non-hydrogen) atoms. The molecular formula is C15H13FN. The van der Waals surface area contributed by atoms with Crippen LogP contribution in [0.1, 0.15) is 22.7 Å². The normalized spacial score (nSPS) is 18.8. The van der Waals surface area contributed by atoms with Crippen LogP contribution in [0.5, 0.6) is 0 Å². The fourth-order valence-electron chi connectivity index (χ4n) is 2.40. The minimum Gasteiger partial charge on any atom is -0.306 e. The second-order valence-electron chi connectivity index (χ2n) is 4.30. The summed E-state index contributed by atoms with van der Waals surface area (Å²) in [5.74, 6) is -0.205. The van der Waals surface area contributed by atoms with Crippen molar-refractivity contribution in [2.75, 3.05) is 6.54 Å². The van der Waals surface area contributed by atoms with Crippen molar-refractivity contribution in [2.45, 2.75) is 12.5 Å². The van der Waals surface area contributed by atoms with Gasteiger partial charge >= 0.3 is 0 Å². The van der Waals surface area contributed by atoms with Gasteiger partial charge in [0.15, 0.2) is 0 Å². The molecule has 1 heterocycles. The topological polar surface area (TPSA) is 12.0 Å². The van der Waals surface area contributed by atoms with E-state index in [1.54, 1.807) is 12.1 Å². The number of nitrogens with one attached hydrogen (secondary N) is 1. The highest BCUT2D eigenvalue weighted by atomic mass is 19.1. The molecule has 2 heteroatoms. The van der Waals surface area contributed by atoms with Gasteiger partial charge in [0.05, 0.1) is 6.04 Å². The predicted molar refractivity (Wildman–Crippen MR) is 65.2 cm³/mol. The summed E-state index contributed by atoms with van der Waals surface area (Å²) < 4.78 is 13.3. The highest BCUT2D eigenvalue weighted by Crippen LogP contribution is 2.28. The van der Waals surface area contributed by atoms with Crippen molar-refractivity contribution in [1.29, 1.82) is 0 Å². The fourth-order valence-corrected chi connectivity index (χ4v) is 2.40. The molecule has 0 saturated heterocycles. The largest absolute Gasteiger partial charge is 0.306 e. The van der Waals surface area contributed by atoms with Gasteiger partial charge in [0.1, 0.15) is 5.82 Å². The van der Waals surface area contributed by atoms with E-state index in [1.165, 1.54) is 17.2 Å². The standard InChI is InChI=1S/C15H13FN/c16-13-6-3-5-12(10-13)15-14-7-2-1-4-11(14)8-9-17-15/h1-4,6-7,10,15,17H,8-9H2. The lowest BCUT2D eigenvalue weighted by molar-refractivity contribution is 0.560. The lowest BCUT2D eigenvalue weighted by atomic mass is 9.90. The van der Waals surface area contributed by atoms with E-state index in [-0.39, 0.29) is 11.9 Å². The van der Waals surface area contributed by atoms with Crippen LogP contribution in [0.4, 0.5) is 4.39 Å². The van der Waals surface area contributed by atoms with Crippen molar-refractivity contribution in [2.24, 2.45) is 0 Å². The second kappa shape index (κ2) is 4.30. The van der Waals surface area contributed by atoms with Crippen molar-refractivity contribution in [3.05, 3.63) is 71.0 Å². The molecule has 85 valence electrons. The number of rotatable bonds is 1. The quantitative estimate of drug-likeness (QED) is 0.788. The smallest absolute Gasteiger partial charge is 0.123 e. The number of hydrogen-bond acceptors (Lipinski definition) is 1. The Morgan fingerprint density at radius 2 is 2.12 bits per heavy atom. The first-order chi connectivity index (χ1) is 8.34. The molecule has 0 aliphatic carbocycles. The maximum Gasteiger partial charge on any atom is 0.123 e. The molecule has 1 nitrogen and oxygen atoms in total. The number of fused-ring (bicyclic) bond motifs is 1. The van der Waals surface area contributed by atoms with Crippen molar-refractivity contribution in [1.82, 2.24) is 5.32 Å². The summed E-state index contributed by atoms with van der Waals surface area (Å²) in [6.07, 6.45) is 1.03. The molecule has 0 bridgehead atoms. The molecule has 1 aliphatic heterocycles. The number of hydrogen-bond donors (Lipinski definition) is 1. The highest BCUT2D eigenvalue weighted by Gasteiger charge is 2.20. The summed E-state index contributed by atoms with van der Waals surface area (Å²) in [5, 5.41) is 3.42. The van der Waals surface area contributed by atoms with E-state index >= 15 is 0 Å². The first-order valence-electron chi connectivity index (χ1n) is 5.83. The second-order valence-corrected chi connectivity index (χ2v) is 4.30. The van der Waals surface area contributed by atoms with E-state index in [1.807, 2.05) is 6.07 Å². The van der Waals surface area contributed by atoms with Crippen LogP contribution < -0.4 is 5.32 Å². The van der Waals surface area contributed by atoms with Crippen LogP contribution in [0.15, 0.2) is 42.5 Å². The number of benzene rings is 2. The Hall–Kier alpha value is -1.67. The molecule has 1 N–H and O–H groups in total. The summed E-state index contributed by atoms with van der Waals surface area (Å²) >= 11 is 0. The summed E-state index contributed by atoms with van der Waals surface area (Å²) in [6, 6.07) is 16.1. The molecule has 1 radical (unpaired) electrons. The fraction of sp³-hybridized carbons (Fsp3) is 0.200. The van der Waals surface area contributed by atoms with E-state index in [0.717, 1.165) is 18.5 Å². The number of halogens is 1. The lowest BCUT2D eigenvalue weighted by Gasteiger charge is -2.27. The van der Waals surface area contributed by atoms with Gasteiger partial charge in [-0.25, -0.2) is 4.39 Å². The van der Waals surface area contributed by atoms with Crippen LogP contribution in [-0.2, 0) is 6.42 Å². The summed E-state index contributed by atoms with van der Waals surface area (Å²) in [5.41, 5.74) is 3.45. The van der Waals surface area contributed by atoms with Crippen LogP contribution >= 0.6 is 0 Å². The summed E-state index contributed by atoms with van der Waals surface area (Å²) in [7, 11) is 0. The Morgan fingerprint density at radius 1 is 1.24 bits per heavy atom. The van der Waals surface area contributed by atoms with E-state index in [2.05, 4.69) is 29.6 Å². The van der Waals surface area contributed by atoms with Crippen LogP contribution in [0, 0.1) is 11.9 Å². The Kier molecular flexibility index (Phi) is 2.65. The van der Waals surface area contributed by atoms with Gasteiger partial charge in [-0.05, 0) is 41.3 Å². The Balaban J connectivity index is 2.06. The van der Waals surface area contributed by atoms with E-state index < -0.39 is 0 Å². The van der Waals surface area contributed by atoms with Gasteiger partial charge in [-0.15, -0.1) is 0 Å². The monoisotopic (exact) mass is 226 g/mol. The molecule has 0 amide bonds. The lowest BCUT2D eigenvalue weighted by Crippen LogP contribution is -2.30.